The van der Waals surface area contributed by atoms with E-state index in [1.807, 2.05) is 25.3 Å². The third kappa shape index (κ3) is 1.12. The van der Waals surface area contributed by atoms with Crippen molar-refractivity contribution in [2.45, 2.75) is 27.3 Å². The molecule has 0 aromatic carbocycles. The van der Waals surface area contributed by atoms with Crippen LogP contribution in [0, 0.1) is 25.2 Å². The van der Waals surface area contributed by atoms with Gasteiger partial charge in [0.2, 0.25) is 0 Å². The van der Waals surface area contributed by atoms with Gasteiger partial charge in [0.1, 0.15) is 11.9 Å². The summed E-state index contributed by atoms with van der Waals surface area (Å²) in [6.45, 7) is 6.76. The normalized spacial score (nSPS) is 9.64. The third-order valence-corrected chi connectivity index (χ3v) is 1.83. The monoisotopic (exact) mass is 149 g/mol. The van der Waals surface area contributed by atoms with Gasteiger partial charge in [-0.3, -0.25) is 0 Å². The Kier molecular flexibility index (Phi) is 1.95. The molecule has 0 saturated carbocycles. The Morgan fingerprint density at radius 1 is 1.55 bits per heavy atom. The van der Waals surface area contributed by atoms with Crippen LogP contribution in [0.4, 0.5) is 0 Å². The minimum absolute atomic E-state index is 0.546. The van der Waals surface area contributed by atoms with E-state index in [1.54, 1.807) is 0 Å². The molecule has 0 fully saturated rings. The van der Waals surface area contributed by atoms with E-state index in [2.05, 4.69) is 11.1 Å². The van der Waals surface area contributed by atoms with Crippen LogP contribution in [0.3, 0.4) is 0 Å². The lowest BCUT2D eigenvalue weighted by molar-refractivity contribution is 0.708. The predicted octanol–water partition coefficient (Wildman–Crippen LogP) is 1.39. The molecular weight excluding hydrogens is 138 g/mol. The second-order valence-electron chi connectivity index (χ2n) is 2.45. The van der Waals surface area contributed by atoms with E-state index in [9.17, 15) is 0 Å². The molecule has 0 N–H and O–H groups in total. The average Bonchev–Trinajstić information content (AvgIpc) is 2.26. The van der Waals surface area contributed by atoms with E-state index < -0.39 is 0 Å². The van der Waals surface area contributed by atoms with Crippen LogP contribution in [0.2, 0.25) is 0 Å². The summed E-state index contributed by atoms with van der Waals surface area (Å²) in [7, 11) is 0. The number of nitriles is 1. The largest absolute Gasteiger partial charge is 0.331 e. The Bertz CT molecular complexity index is 304. The number of imidazole rings is 1. The van der Waals surface area contributed by atoms with Crippen LogP contribution in [0.5, 0.6) is 0 Å². The highest BCUT2D eigenvalue weighted by atomic mass is 15.1. The summed E-state index contributed by atoms with van der Waals surface area (Å²) in [4.78, 5) is 4.10. The van der Waals surface area contributed by atoms with Crippen LogP contribution in [0.15, 0.2) is 0 Å². The van der Waals surface area contributed by atoms with E-state index in [-0.39, 0.29) is 0 Å². The molecule has 0 aliphatic rings. The van der Waals surface area contributed by atoms with Gasteiger partial charge in [-0.15, -0.1) is 0 Å². The molecule has 0 bridgehead atoms. The molecule has 1 aromatic heterocycles. The molecule has 0 radical (unpaired) electrons. The third-order valence-electron chi connectivity index (χ3n) is 1.83. The van der Waals surface area contributed by atoms with E-state index >= 15 is 0 Å². The van der Waals surface area contributed by atoms with Gasteiger partial charge in [0.25, 0.3) is 0 Å². The van der Waals surface area contributed by atoms with Crippen molar-refractivity contribution in [2.75, 3.05) is 0 Å². The number of hydrogen-bond acceptors (Lipinski definition) is 2. The van der Waals surface area contributed by atoms with Crippen LogP contribution in [0.25, 0.3) is 0 Å². The standard InChI is InChI=1S/C8H11N3/c1-4-11-6(2)8(5-9)10-7(11)3/h4H2,1-3H3. The maximum atomic E-state index is 8.63. The van der Waals surface area contributed by atoms with Crippen molar-refractivity contribution in [3.05, 3.63) is 17.2 Å². The number of hydrogen-bond donors (Lipinski definition) is 0. The minimum Gasteiger partial charge on any atom is -0.331 e. The summed E-state index contributed by atoms with van der Waals surface area (Å²) in [6.07, 6.45) is 0. The van der Waals surface area contributed by atoms with E-state index in [0.717, 1.165) is 18.1 Å². The predicted molar refractivity (Wildman–Crippen MR) is 42.1 cm³/mol. The van der Waals surface area contributed by atoms with Gasteiger partial charge in [-0.2, -0.15) is 5.26 Å². The highest BCUT2D eigenvalue weighted by Crippen LogP contribution is 2.08. The zero-order valence-electron chi connectivity index (χ0n) is 7.05. The lowest BCUT2D eigenvalue weighted by Crippen LogP contribution is -1.98. The number of aromatic nitrogens is 2. The molecule has 3 nitrogen and oxygen atoms in total. The molecular formula is C8H11N3. The summed E-state index contributed by atoms with van der Waals surface area (Å²) >= 11 is 0. The fourth-order valence-electron chi connectivity index (χ4n) is 1.25. The first kappa shape index (κ1) is 7.80. The van der Waals surface area contributed by atoms with Crippen molar-refractivity contribution in [1.82, 2.24) is 9.55 Å². The summed E-state index contributed by atoms with van der Waals surface area (Å²) in [5.41, 5.74) is 1.51. The van der Waals surface area contributed by atoms with Gasteiger partial charge in [0, 0.05) is 6.54 Å². The molecule has 58 valence electrons. The number of aryl methyl sites for hydroxylation is 1. The minimum atomic E-state index is 0.546. The molecule has 0 aliphatic carbocycles. The summed E-state index contributed by atoms with van der Waals surface area (Å²) in [5.74, 6) is 0.918. The Morgan fingerprint density at radius 2 is 2.18 bits per heavy atom. The zero-order valence-corrected chi connectivity index (χ0v) is 7.05. The molecule has 0 amide bonds. The quantitative estimate of drug-likeness (QED) is 0.605. The van der Waals surface area contributed by atoms with Gasteiger partial charge in [-0.25, -0.2) is 4.98 Å². The average molecular weight is 149 g/mol. The maximum Gasteiger partial charge on any atom is 0.161 e. The Morgan fingerprint density at radius 3 is 2.45 bits per heavy atom. The zero-order chi connectivity index (χ0) is 8.43. The van der Waals surface area contributed by atoms with Gasteiger partial charge in [0.05, 0.1) is 5.69 Å². The second kappa shape index (κ2) is 2.75. The topological polar surface area (TPSA) is 41.6 Å². The molecule has 3 heteroatoms. The van der Waals surface area contributed by atoms with Crippen LogP contribution in [-0.4, -0.2) is 9.55 Å². The SMILES string of the molecule is CCn1c(C)nc(C#N)c1C. The molecule has 0 saturated heterocycles. The molecule has 0 spiro atoms. The van der Waals surface area contributed by atoms with Crippen molar-refractivity contribution in [3.63, 3.8) is 0 Å². The highest BCUT2D eigenvalue weighted by Gasteiger charge is 2.07. The van der Waals surface area contributed by atoms with E-state index in [4.69, 9.17) is 5.26 Å². The molecule has 1 heterocycles. The first-order valence-electron chi connectivity index (χ1n) is 3.64. The fraction of sp³-hybridized carbons (Fsp3) is 0.500. The van der Waals surface area contributed by atoms with Crippen LogP contribution < -0.4 is 0 Å². The first-order chi connectivity index (χ1) is 5.20. The van der Waals surface area contributed by atoms with Crippen molar-refractivity contribution in [3.8, 4) is 6.07 Å². The number of rotatable bonds is 1. The summed E-state index contributed by atoms with van der Waals surface area (Å²) in [5, 5.41) is 8.63. The van der Waals surface area contributed by atoms with Crippen molar-refractivity contribution in [1.29, 1.82) is 5.26 Å². The molecule has 0 aliphatic heterocycles. The molecule has 1 aromatic rings. The van der Waals surface area contributed by atoms with Crippen molar-refractivity contribution in [2.24, 2.45) is 0 Å². The van der Waals surface area contributed by atoms with E-state index in [0.29, 0.717) is 5.69 Å². The Balaban J connectivity index is 3.28. The van der Waals surface area contributed by atoms with Crippen molar-refractivity contribution < 1.29 is 0 Å². The van der Waals surface area contributed by atoms with Gasteiger partial charge in [0.15, 0.2) is 5.69 Å². The molecule has 0 atom stereocenters. The highest BCUT2D eigenvalue weighted by molar-refractivity contribution is 5.27. The molecule has 1 rings (SSSR count). The van der Waals surface area contributed by atoms with Crippen molar-refractivity contribution >= 4 is 0 Å². The maximum absolute atomic E-state index is 8.63. The van der Waals surface area contributed by atoms with Crippen LogP contribution >= 0.6 is 0 Å². The van der Waals surface area contributed by atoms with Gasteiger partial charge in [-0.1, -0.05) is 0 Å². The summed E-state index contributed by atoms with van der Waals surface area (Å²) < 4.78 is 2.03. The van der Waals surface area contributed by atoms with Gasteiger partial charge >= 0.3 is 0 Å². The second-order valence-corrected chi connectivity index (χ2v) is 2.45. The fourth-order valence-corrected chi connectivity index (χ4v) is 1.25. The summed E-state index contributed by atoms with van der Waals surface area (Å²) in [6, 6.07) is 2.06. The Hall–Kier alpha value is -1.30. The molecule has 0 unspecified atom stereocenters. The number of nitrogens with zero attached hydrogens (tertiary/aromatic N) is 3. The first-order valence-corrected chi connectivity index (χ1v) is 3.64. The lowest BCUT2D eigenvalue weighted by atomic mass is 10.4. The van der Waals surface area contributed by atoms with Crippen LogP contribution in [0.1, 0.15) is 24.1 Å². The van der Waals surface area contributed by atoms with E-state index in [1.165, 1.54) is 0 Å². The van der Waals surface area contributed by atoms with Gasteiger partial charge < -0.3 is 4.57 Å². The smallest absolute Gasteiger partial charge is 0.161 e. The van der Waals surface area contributed by atoms with Gasteiger partial charge in [-0.05, 0) is 20.8 Å². The molecule has 11 heavy (non-hydrogen) atoms. The lowest BCUT2D eigenvalue weighted by Gasteiger charge is -2.00. The Labute approximate surface area is 66.3 Å². The van der Waals surface area contributed by atoms with Crippen LogP contribution in [-0.2, 0) is 6.54 Å².